The highest BCUT2D eigenvalue weighted by Crippen LogP contribution is 2.14. The normalized spacial score (nSPS) is 10.5. The molecular weight excluding hydrogens is 216 g/mol. The van der Waals surface area contributed by atoms with E-state index in [4.69, 9.17) is 16.0 Å². The van der Waals surface area contributed by atoms with Crippen LogP contribution in [0.2, 0.25) is 5.02 Å². The summed E-state index contributed by atoms with van der Waals surface area (Å²) in [5.41, 5.74) is 0.777. The van der Waals surface area contributed by atoms with Crippen LogP contribution in [0.25, 0.3) is 0 Å². The molecule has 0 spiro atoms. The summed E-state index contributed by atoms with van der Waals surface area (Å²) < 4.78 is 6.89. The van der Waals surface area contributed by atoms with E-state index in [1.807, 2.05) is 6.92 Å². The molecule has 2 heterocycles. The molecule has 0 N–H and O–H groups in total. The second-order valence-electron chi connectivity index (χ2n) is 3.18. The van der Waals surface area contributed by atoms with Crippen LogP contribution in [-0.4, -0.2) is 16.1 Å². The summed E-state index contributed by atoms with van der Waals surface area (Å²) >= 11 is 5.86. The van der Waals surface area contributed by atoms with Gasteiger partial charge >= 0.3 is 0 Å². The van der Waals surface area contributed by atoms with Crippen LogP contribution in [0.1, 0.15) is 22.0 Å². The standard InChI is InChI=1S/C10H9ClN2O2/c1-7-10(11)5-13(12-7)4-8-2-3-9(6-14)15-8/h2-3,5-6H,4H2,1H3. The molecule has 15 heavy (non-hydrogen) atoms. The lowest BCUT2D eigenvalue weighted by Gasteiger charge is -1.96. The van der Waals surface area contributed by atoms with Crippen molar-refractivity contribution in [1.82, 2.24) is 9.78 Å². The van der Waals surface area contributed by atoms with E-state index in [1.165, 1.54) is 0 Å². The van der Waals surface area contributed by atoms with Crippen LogP contribution in [0.15, 0.2) is 22.7 Å². The van der Waals surface area contributed by atoms with E-state index >= 15 is 0 Å². The number of aryl methyl sites for hydroxylation is 1. The van der Waals surface area contributed by atoms with E-state index < -0.39 is 0 Å². The van der Waals surface area contributed by atoms with Crippen LogP contribution < -0.4 is 0 Å². The van der Waals surface area contributed by atoms with Crippen molar-refractivity contribution >= 4 is 17.9 Å². The number of aldehydes is 1. The Bertz CT molecular complexity index is 468. The van der Waals surface area contributed by atoms with Crippen molar-refractivity contribution in [3.8, 4) is 0 Å². The van der Waals surface area contributed by atoms with E-state index in [-0.39, 0.29) is 0 Å². The smallest absolute Gasteiger partial charge is 0.185 e. The molecule has 0 saturated carbocycles. The van der Waals surface area contributed by atoms with Gasteiger partial charge in [0.2, 0.25) is 0 Å². The lowest BCUT2D eigenvalue weighted by atomic mass is 10.4. The molecule has 0 aliphatic carbocycles. The van der Waals surface area contributed by atoms with E-state index in [2.05, 4.69) is 5.10 Å². The number of nitrogens with zero attached hydrogens (tertiary/aromatic N) is 2. The lowest BCUT2D eigenvalue weighted by Crippen LogP contribution is -1.98. The summed E-state index contributed by atoms with van der Waals surface area (Å²) in [5, 5.41) is 4.80. The van der Waals surface area contributed by atoms with Gasteiger partial charge in [0.1, 0.15) is 5.76 Å². The Morgan fingerprint density at radius 1 is 1.60 bits per heavy atom. The van der Waals surface area contributed by atoms with Gasteiger partial charge < -0.3 is 4.42 Å². The topological polar surface area (TPSA) is 48.0 Å². The fourth-order valence-electron chi connectivity index (χ4n) is 1.28. The van der Waals surface area contributed by atoms with Gasteiger partial charge in [0, 0.05) is 6.20 Å². The van der Waals surface area contributed by atoms with Crippen LogP contribution in [0.5, 0.6) is 0 Å². The number of halogens is 1. The summed E-state index contributed by atoms with van der Waals surface area (Å²) in [6.07, 6.45) is 2.39. The fraction of sp³-hybridized carbons (Fsp3) is 0.200. The molecule has 2 aromatic heterocycles. The SMILES string of the molecule is Cc1nn(Cc2ccc(C=O)o2)cc1Cl. The van der Waals surface area contributed by atoms with Crippen molar-refractivity contribution < 1.29 is 9.21 Å². The van der Waals surface area contributed by atoms with Crippen molar-refractivity contribution in [3.63, 3.8) is 0 Å². The Hall–Kier alpha value is -1.55. The highest BCUT2D eigenvalue weighted by Gasteiger charge is 2.05. The fourth-order valence-corrected chi connectivity index (χ4v) is 1.43. The zero-order chi connectivity index (χ0) is 10.8. The molecule has 2 aromatic rings. The van der Waals surface area contributed by atoms with Crippen molar-refractivity contribution in [2.45, 2.75) is 13.5 Å². The van der Waals surface area contributed by atoms with Crippen LogP contribution in [0, 0.1) is 6.92 Å². The summed E-state index contributed by atoms with van der Waals surface area (Å²) in [4.78, 5) is 10.4. The number of hydrogen-bond donors (Lipinski definition) is 0. The summed E-state index contributed by atoms with van der Waals surface area (Å²) in [6.45, 7) is 2.30. The number of carbonyl (C=O) groups excluding carboxylic acids is 1. The summed E-state index contributed by atoms with van der Waals surface area (Å²) in [5.74, 6) is 0.997. The number of rotatable bonds is 3. The maximum Gasteiger partial charge on any atom is 0.185 e. The second kappa shape index (κ2) is 3.90. The van der Waals surface area contributed by atoms with Gasteiger partial charge in [0.15, 0.2) is 12.0 Å². The van der Waals surface area contributed by atoms with Gasteiger partial charge in [-0.1, -0.05) is 11.6 Å². The first-order valence-electron chi connectivity index (χ1n) is 4.42. The zero-order valence-corrected chi connectivity index (χ0v) is 8.86. The molecule has 0 aromatic carbocycles. The molecule has 0 aliphatic rings. The third kappa shape index (κ3) is 2.10. The van der Waals surface area contributed by atoms with Gasteiger partial charge in [-0.05, 0) is 19.1 Å². The number of carbonyl (C=O) groups is 1. The van der Waals surface area contributed by atoms with Gasteiger partial charge in [-0.15, -0.1) is 0 Å². The highest BCUT2D eigenvalue weighted by atomic mass is 35.5. The molecule has 4 nitrogen and oxygen atoms in total. The van der Waals surface area contributed by atoms with Gasteiger partial charge in [-0.3, -0.25) is 9.48 Å². The number of aromatic nitrogens is 2. The molecule has 0 aliphatic heterocycles. The third-order valence-corrected chi connectivity index (χ3v) is 2.37. The molecule has 0 amide bonds. The molecule has 78 valence electrons. The minimum absolute atomic E-state index is 0.319. The van der Waals surface area contributed by atoms with E-state index in [0.717, 1.165) is 5.69 Å². The highest BCUT2D eigenvalue weighted by molar-refractivity contribution is 6.31. The maximum absolute atomic E-state index is 10.4. The molecule has 5 heteroatoms. The van der Waals surface area contributed by atoms with Gasteiger partial charge in [0.05, 0.1) is 17.3 Å². The van der Waals surface area contributed by atoms with Gasteiger partial charge in [0.25, 0.3) is 0 Å². The molecular formula is C10H9ClN2O2. The van der Waals surface area contributed by atoms with E-state index in [1.54, 1.807) is 23.0 Å². The lowest BCUT2D eigenvalue weighted by molar-refractivity contribution is 0.109. The van der Waals surface area contributed by atoms with Crippen molar-refractivity contribution in [2.75, 3.05) is 0 Å². The van der Waals surface area contributed by atoms with Crippen molar-refractivity contribution in [1.29, 1.82) is 0 Å². The predicted molar refractivity (Wildman–Crippen MR) is 55.2 cm³/mol. The average Bonchev–Trinajstić information content (AvgIpc) is 2.76. The first-order valence-corrected chi connectivity index (χ1v) is 4.80. The Labute approximate surface area is 91.4 Å². The van der Waals surface area contributed by atoms with Gasteiger partial charge in [-0.2, -0.15) is 5.10 Å². The molecule has 0 bridgehead atoms. The minimum atomic E-state index is 0.319. The minimum Gasteiger partial charge on any atom is -0.456 e. The Kier molecular flexibility index (Phi) is 2.60. The van der Waals surface area contributed by atoms with Crippen LogP contribution in [0.3, 0.4) is 0 Å². The Morgan fingerprint density at radius 2 is 2.40 bits per heavy atom. The monoisotopic (exact) mass is 224 g/mol. The Balaban J connectivity index is 2.17. The quantitative estimate of drug-likeness (QED) is 0.752. The molecule has 0 fully saturated rings. The van der Waals surface area contributed by atoms with Gasteiger partial charge in [-0.25, -0.2) is 0 Å². The zero-order valence-electron chi connectivity index (χ0n) is 8.11. The predicted octanol–water partition coefficient (Wildman–Crippen LogP) is 2.30. The largest absolute Gasteiger partial charge is 0.456 e. The molecule has 2 rings (SSSR count). The summed E-state index contributed by atoms with van der Waals surface area (Å²) in [7, 11) is 0. The first-order chi connectivity index (χ1) is 7.19. The van der Waals surface area contributed by atoms with Crippen LogP contribution >= 0.6 is 11.6 Å². The van der Waals surface area contributed by atoms with Crippen molar-refractivity contribution in [3.05, 3.63) is 40.6 Å². The summed E-state index contributed by atoms with van der Waals surface area (Å²) in [6, 6.07) is 3.37. The second-order valence-corrected chi connectivity index (χ2v) is 3.59. The third-order valence-electron chi connectivity index (χ3n) is 2.00. The van der Waals surface area contributed by atoms with E-state index in [0.29, 0.717) is 29.4 Å². The number of hydrogen-bond acceptors (Lipinski definition) is 3. The van der Waals surface area contributed by atoms with Crippen LogP contribution in [0.4, 0.5) is 0 Å². The molecule has 0 radical (unpaired) electrons. The van der Waals surface area contributed by atoms with E-state index in [9.17, 15) is 4.79 Å². The maximum atomic E-state index is 10.4. The first kappa shape index (κ1) is 9.98. The molecule has 0 atom stereocenters. The average molecular weight is 225 g/mol. The Morgan fingerprint density at radius 3 is 2.93 bits per heavy atom. The molecule has 0 saturated heterocycles. The van der Waals surface area contributed by atoms with Crippen molar-refractivity contribution in [2.24, 2.45) is 0 Å². The molecule has 0 unspecified atom stereocenters. The van der Waals surface area contributed by atoms with Crippen LogP contribution in [-0.2, 0) is 6.54 Å². The number of furan rings is 1.